The van der Waals surface area contributed by atoms with Crippen molar-refractivity contribution in [3.05, 3.63) is 94.8 Å². The first-order valence-electron chi connectivity index (χ1n) is 15.7. The van der Waals surface area contributed by atoms with Gasteiger partial charge in [-0.1, -0.05) is 12.1 Å². The fraction of sp³-hybridized carbons (Fsp3) is 0.412. The third kappa shape index (κ3) is 7.99. The molecule has 0 spiro atoms. The predicted octanol–water partition coefficient (Wildman–Crippen LogP) is 6.87. The SMILES string of the molecule is CN(C(=O)N(C)[C@@H]1CN(C(=O)C2CCC(NC(=O)c3ncccc3F)CC2)C[C@H]1c1ccc(F)cc1)c1cc(C(F)(F)F)cc(C(F)(F)F)c1. The summed E-state index contributed by atoms with van der Waals surface area (Å²) in [6, 6.07) is 6.73. The number of alkyl halides is 6. The molecular formula is C34H33F8N5O3. The Morgan fingerprint density at radius 1 is 0.840 bits per heavy atom. The highest BCUT2D eigenvalue weighted by atomic mass is 19.4. The van der Waals surface area contributed by atoms with E-state index in [1.54, 1.807) is 4.90 Å². The molecule has 1 N–H and O–H groups in total. The molecule has 1 aliphatic heterocycles. The molecule has 5 rings (SSSR count). The van der Waals surface area contributed by atoms with Gasteiger partial charge in [-0.25, -0.2) is 18.6 Å². The van der Waals surface area contributed by atoms with Gasteiger partial charge in [0.15, 0.2) is 11.5 Å². The number of amides is 4. The Kier molecular flexibility index (Phi) is 10.4. The molecule has 268 valence electrons. The van der Waals surface area contributed by atoms with Gasteiger partial charge in [0.05, 0.1) is 17.2 Å². The van der Waals surface area contributed by atoms with Gasteiger partial charge >= 0.3 is 18.4 Å². The second-order valence-corrected chi connectivity index (χ2v) is 12.5. The number of halogens is 8. The van der Waals surface area contributed by atoms with Crippen LogP contribution < -0.4 is 10.2 Å². The second-order valence-electron chi connectivity index (χ2n) is 12.5. The van der Waals surface area contributed by atoms with Crippen molar-refractivity contribution in [1.82, 2.24) is 20.1 Å². The van der Waals surface area contributed by atoms with Crippen molar-refractivity contribution in [2.75, 3.05) is 32.1 Å². The number of nitrogens with one attached hydrogen (secondary N) is 1. The molecular weight excluding hydrogens is 678 g/mol. The molecule has 2 atom stereocenters. The van der Waals surface area contributed by atoms with Crippen LogP contribution in [0, 0.1) is 17.6 Å². The molecule has 50 heavy (non-hydrogen) atoms. The van der Waals surface area contributed by atoms with E-state index in [1.807, 2.05) is 0 Å². The van der Waals surface area contributed by atoms with Crippen LogP contribution in [0.15, 0.2) is 60.8 Å². The van der Waals surface area contributed by atoms with Crippen molar-refractivity contribution in [1.29, 1.82) is 0 Å². The third-order valence-electron chi connectivity index (χ3n) is 9.33. The van der Waals surface area contributed by atoms with Gasteiger partial charge in [-0.3, -0.25) is 14.5 Å². The van der Waals surface area contributed by atoms with Crippen molar-refractivity contribution in [2.45, 2.75) is 56.0 Å². The average Bonchev–Trinajstić information content (AvgIpc) is 3.52. The molecule has 2 heterocycles. The van der Waals surface area contributed by atoms with Crippen molar-refractivity contribution < 1.29 is 49.5 Å². The van der Waals surface area contributed by atoms with Crippen LogP contribution >= 0.6 is 0 Å². The highest BCUT2D eigenvalue weighted by Crippen LogP contribution is 2.39. The van der Waals surface area contributed by atoms with E-state index in [-0.39, 0.29) is 36.8 Å². The zero-order chi connectivity index (χ0) is 36.5. The molecule has 1 saturated heterocycles. The number of rotatable bonds is 6. The molecule has 4 amide bonds. The molecule has 0 radical (unpaired) electrons. The van der Waals surface area contributed by atoms with Crippen molar-refractivity contribution in [2.24, 2.45) is 5.92 Å². The summed E-state index contributed by atoms with van der Waals surface area (Å²) < 4.78 is 109. The van der Waals surface area contributed by atoms with Crippen molar-refractivity contribution in [3.8, 4) is 0 Å². The van der Waals surface area contributed by atoms with E-state index < -0.39 is 70.6 Å². The Labute approximate surface area is 282 Å². The Morgan fingerprint density at radius 2 is 1.44 bits per heavy atom. The van der Waals surface area contributed by atoms with Gasteiger partial charge in [0.25, 0.3) is 5.91 Å². The lowest BCUT2D eigenvalue weighted by atomic mass is 9.85. The summed E-state index contributed by atoms with van der Waals surface area (Å²) in [6.45, 7) is 0.0941. The normalized spacial score (nSPS) is 21.1. The minimum absolute atomic E-state index is 0.0109. The number of anilines is 1. The van der Waals surface area contributed by atoms with Gasteiger partial charge in [-0.05, 0) is 73.7 Å². The molecule has 2 aliphatic rings. The first-order valence-corrected chi connectivity index (χ1v) is 15.7. The molecule has 0 bridgehead atoms. The van der Waals surface area contributed by atoms with E-state index in [1.165, 1.54) is 43.6 Å². The van der Waals surface area contributed by atoms with Gasteiger partial charge in [0.1, 0.15) is 5.82 Å². The lowest BCUT2D eigenvalue weighted by Crippen LogP contribution is -2.48. The van der Waals surface area contributed by atoms with Crippen LogP contribution in [-0.2, 0) is 17.1 Å². The molecule has 2 aromatic carbocycles. The number of aromatic nitrogens is 1. The van der Waals surface area contributed by atoms with E-state index in [4.69, 9.17) is 0 Å². The number of carbonyl (C=O) groups excluding carboxylic acids is 3. The van der Waals surface area contributed by atoms with Crippen molar-refractivity contribution in [3.63, 3.8) is 0 Å². The lowest BCUT2D eigenvalue weighted by molar-refractivity contribution is -0.143. The zero-order valence-corrected chi connectivity index (χ0v) is 26.9. The molecule has 16 heteroatoms. The third-order valence-corrected chi connectivity index (χ3v) is 9.33. The fourth-order valence-corrected chi connectivity index (χ4v) is 6.57. The smallest absolute Gasteiger partial charge is 0.348 e. The summed E-state index contributed by atoms with van der Waals surface area (Å²) in [6.07, 6.45) is -7.29. The van der Waals surface area contributed by atoms with Crippen molar-refractivity contribution >= 4 is 23.5 Å². The summed E-state index contributed by atoms with van der Waals surface area (Å²) in [5.74, 6) is -3.21. The van der Waals surface area contributed by atoms with E-state index in [0.717, 1.165) is 18.0 Å². The maximum absolute atomic E-state index is 14.0. The van der Waals surface area contributed by atoms with Crippen LogP contribution in [-0.4, -0.2) is 71.9 Å². The van der Waals surface area contributed by atoms with E-state index >= 15 is 0 Å². The number of likely N-dealkylation sites (tertiary alicyclic amines) is 1. The van der Waals surface area contributed by atoms with Crippen LogP contribution in [0.1, 0.15) is 58.8 Å². The number of hydrogen-bond donors (Lipinski definition) is 1. The monoisotopic (exact) mass is 711 g/mol. The van der Waals surface area contributed by atoms with Crippen LogP contribution in [0.5, 0.6) is 0 Å². The summed E-state index contributed by atoms with van der Waals surface area (Å²) in [5.41, 5.74) is -3.56. The first kappa shape index (κ1) is 36.5. The Morgan fingerprint density at radius 3 is 2.00 bits per heavy atom. The molecule has 1 aliphatic carbocycles. The van der Waals surface area contributed by atoms with Gasteiger partial charge in [-0.15, -0.1) is 0 Å². The molecule has 0 unspecified atom stereocenters. The quantitative estimate of drug-likeness (QED) is 0.283. The van der Waals surface area contributed by atoms with E-state index in [2.05, 4.69) is 10.3 Å². The molecule has 8 nitrogen and oxygen atoms in total. The summed E-state index contributed by atoms with van der Waals surface area (Å²) >= 11 is 0. The summed E-state index contributed by atoms with van der Waals surface area (Å²) in [5, 5.41) is 2.75. The standard InChI is InChI=1S/C34H33F8N5O3/c1-45(25-15-21(33(37,38)39)14-22(16-25)34(40,41)42)32(50)46(2)28-18-47(17-26(28)19-5-9-23(35)10-6-19)31(49)20-7-11-24(12-8-20)44-30(48)29-27(36)4-3-13-43-29/h3-6,9-10,13-16,20,24,26,28H,7-8,11-12,17-18H2,1-2H3,(H,44,48)/t20?,24?,26-,28+/m0/s1. The Balaban J connectivity index is 1.32. The number of benzene rings is 2. The molecule has 2 fully saturated rings. The number of likely N-dealkylation sites (N-methyl/N-ethyl adjacent to an activating group) is 1. The average molecular weight is 712 g/mol. The molecule has 1 aromatic heterocycles. The number of hydrogen-bond acceptors (Lipinski definition) is 4. The maximum Gasteiger partial charge on any atom is 0.416 e. The van der Waals surface area contributed by atoms with Gasteiger partial charge in [-0.2, -0.15) is 26.3 Å². The Bertz CT molecular complexity index is 1690. The van der Waals surface area contributed by atoms with Gasteiger partial charge < -0.3 is 15.1 Å². The largest absolute Gasteiger partial charge is 0.416 e. The number of pyridine rings is 1. The van der Waals surface area contributed by atoms with Crippen LogP contribution in [0.25, 0.3) is 0 Å². The van der Waals surface area contributed by atoms with E-state index in [0.29, 0.717) is 48.3 Å². The van der Waals surface area contributed by atoms with Crippen LogP contribution in [0.4, 0.5) is 45.6 Å². The highest BCUT2D eigenvalue weighted by molar-refractivity contribution is 5.93. The molecule has 1 saturated carbocycles. The first-order chi connectivity index (χ1) is 23.4. The van der Waals surface area contributed by atoms with Gasteiger partial charge in [0.2, 0.25) is 5.91 Å². The topological polar surface area (TPSA) is 85.9 Å². The summed E-state index contributed by atoms with van der Waals surface area (Å²) in [4.78, 5) is 47.1. The maximum atomic E-state index is 14.0. The number of urea groups is 1. The Hall–Kier alpha value is -4.76. The zero-order valence-electron chi connectivity index (χ0n) is 26.9. The van der Waals surface area contributed by atoms with Crippen LogP contribution in [0.3, 0.4) is 0 Å². The number of carbonyl (C=O) groups is 3. The van der Waals surface area contributed by atoms with E-state index in [9.17, 15) is 49.5 Å². The minimum atomic E-state index is -5.12. The van der Waals surface area contributed by atoms with Crippen LogP contribution in [0.2, 0.25) is 0 Å². The molecule has 3 aromatic rings. The van der Waals surface area contributed by atoms with Gasteiger partial charge in [0, 0.05) is 56.9 Å². The predicted molar refractivity (Wildman–Crippen MR) is 165 cm³/mol. The lowest BCUT2D eigenvalue weighted by Gasteiger charge is -2.33. The fourth-order valence-electron chi connectivity index (χ4n) is 6.57. The number of nitrogens with zero attached hydrogens (tertiary/aromatic N) is 4. The summed E-state index contributed by atoms with van der Waals surface area (Å²) in [7, 11) is 2.39. The second kappa shape index (κ2) is 14.2. The minimum Gasteiger partial charge on any atom is -0.348 e. The highest BCUT2D eigenvalue weighted by Gasteiger charge is 2.43.